The molecule has 3 rings (SSSR count). The van der Waals surface area contributed by atoms with Crippen LogP contribution in [-0.2, 0) is 15.3 Å². The molecule has 0 aliphatic heterocycles. The van der Waals surface area contributed by atoms with E-state index in [2.05, 4.69) is 4.74 Å². The van der Waals surface area contributed by atoms with Gasteiger partial charge >= 0.3 is 5.97 Å². The monoisotopic (exact) mass is 450 g/mol. The fourth-order valence-electron chi connectivity index (χ4n) is 2.92. The van der Waals surface area contributed by atoms with Gasteiger partial charge in [-0.3, -0.25) is 9.59 Å². The first-order valence-corrected chi connectivity index (χ1v) is 10.0. The van der Waals surface area contributed by atoms with E-state index in [-0.39, 0.29) is 22.8 Å². The summed E-state index contributed by atoms with van der Waals surface area (Å²) in [7, 11) is 1.11. The van der Waals surface area contributed by atoms with Crippen molar-refractivity contribution in [3.8, 4) is 5.75 Å². The summed E-state index contributed by atoms with van der Waals surface area (Å²) in [6.07, 6.45) is -0.507. The maximum atomic E-state index is 13.8. The van der Waals surface area contributed by atoms with Crippen LogP contribution in [0.5, 0.6) is 5.75 Å². The van der Waals surface area contributed by atoms with Gasteiger partial charge in [0, 0.05) is 11.0 Å². The maximum Gasteiger partial charge on any atom is 0.306 e. The molecule has 31 heavy (non-hydrogen) atoms. The molecule has 0 aliphatic rings. The zero-order valence-electron chi connectivity index (χ0n) is 16.2. The standard InChI is InChI=1S/C22H17F3O5S/c1-29-19(27)10-15(12-7-16(23)20(25)17(24)8-12)22-21(28)18(26)9-13(30-22)11-31-14-5-3-2-4-6-14/h2-9,15,28H,10-11H2,1H3/t15-/m1/s1. The summed E-state index contributed by atoms with van der Waals surface area (Å²) in [4.78, 5) is 25.1. The summed E-state index contributed by atoms with van der Waals surface area (Å²) >= 11 is 1.35. The number of carbonyl (C=O) groups is 1. The van der Waals surface area contributed by atoms with Crippen LogP contribution in [0.2, 0.25) is 0 Å². The van der Waals surface area contributed by atoms with Crippen molar-refractivity contribution >= 4 is 17.7 Å². The highest BCUT2D eigenvalue weighted by molar-refractivity contribution is 7.98. The Hall–Kier alpha value is -3.20. The maximum absolute atomic E-state index is 13.8. The van der Waals surface area contributed by atoms with E-state index in [9.17, 15) is 27.9 Å². The second-order valence-corrected chi connectivity index (χ2v) is 7.57. The molecular weight excluding hydrogens is 433 g/mol. The van der Waals surface area contributed by atoms with Crippen LogP contribution >= 0.6 is 11.8 Å². The third kappa shape index (κ3) is 5.29. The number of carbonyl (C=O) groups excluding carboxylic acids is 1. The van der Waals surface area contributed by atoms with Gasteiger partial charge in [0.2, 0.25) is 11.2 Å². The first-order chi connectivity index (χ1) is 14.8. The van der Waals surface area contributed by atoms with Crippen LogP contribution < -0.4 is 5.43 Å². The van der Waals surface area contributed by atoms with Crippen molar-refractivity contribution in [2.75, 3.05) is 7.11 Å². The third-order valence-corrected chi connectivity index (χ3v) is 5.48. The number of halogens is 3. The van der Waals surface area contributed by atoms with Crippen LogP contribution in [0, 0.1) is 17.5 Å². The predicted octanol–water partition coefficient (Wildman–Crippen LogP) is 4.75. The van der Waals surface area contributed by atoms with Crippen molar-refractivity contribution in [3.05, 3.63) is 93.3 Å². The summed E-state index contributed by atoms with van der Waals surface area (Å²) in [6.45, 7) is 0. The van der Waals surface area contributed by atoms with Crippen LogP contribution in [0.25, 0.3) is 0 Å². The lowest BCUT2D eigenvalue weighted by molar-refractivity contribution is -0.140. The molecule has 0 radical (unpaired) electrons. The van der Waals surface area contributed by atoms with Gasteiger partial charge in [-0.05, 0) is 29.8 Å². The molecule has 0 amide bonds. The highest BCUT2D eigenvalue weighted by Crippen LogP contribution is 2.35. The Morgan fingerprint density at radius 1 is 1.13 bits per heavy atom. The Morgan fingerprint density at radius 2 is 1.77 bits per heavy atom. The number of hydrogen-bond acceptors (Lipinski definition) is 6. The average Bonchev–Trinajstić information content (AvgIpc) is 2.76. The van der Waals surface area contributed by atoms with Crippen LogP contribution in [0.1, 0.15) is 29.4 Å². The second-order valence-electron chi connectivity index (χ2n) is 6.52. The van der Waals surface area contributed by atoms with E-state index in [4.69, 9.17) is 4.42 Å². The summed E-state index contributed by atoms with van der Waals surface area (Å²) in [6, 6.07) is 11.7. The Labute approximate surface area is 179 Å². The molecule has 0 bridgehead atoms. The zero-order chi connectivity index (χ0) is 22.5. The molecule has 0 saturated carbocycles. The lowest BCUT2D eigenvalue weighted by Gasteiger charge is -2.18. The molecule has 1 heterocycles. The molecular formula is C22H17F3O5S. The number of thioether (sulfide) groups is 1. The van der Waals surface area contributed by atoms with Crippen molar-refractivity contribution in [2.24, 2.45) is 0 Å². The largest absolute Gasteiger partial charge is 0.502 e. The number of esters is 1. The van der Waals surface area contributed by atoms with Gasteiger partial charge in [0.05, 0.1) is 25.2 Å². The molecule has 1 aromatic heterocycles. The number of ether oxygens (including phenoxy) is 1. The van der Waals surface area contributed by atoms with Gasteiger partial charge in [0.25, 0.3) is 0 Å². The van der Waals surface area contributed by atoms with Gasteiger partial charge in [0.15, 0.2) is 23.2 Å². The number of aromatic hydroxyl groups is 1. The zero-order valence-corrected chi connectivity index (χ0v) is 17.0. The topological polar surface area (TPSA) is 76.7 Å². The summed E-state index contributed by atoms with van der Waals surface area (Å²) in [5.41, 5.74) is -0.990. The highest BCUT2D eigenvalue weighted by atomic mass is 32.2. The quantitative estimate of drug-likeness (QED) is 0.318. The van der Waals surface area contributed by atoms with Crippen LogP contribution in [0.3, 0.4) is 0 Å². The Balaban J connectivity index is 2.04. The fraction of sp³-hybridized carbons (Fsp3) is 0.182. The van der Waals surface area contributed by atoms with Crippen molar-refractivity contribution in [1.29, 1.82) is 0 Å². The van der Waals surface area contributed by atoms with Gasteiger partial charge < -0.3 is 14.3 Å². The molecule has 5 nitrogen and oxygen atoms in total. The SMILES string of the molecule is COC(=O)C[C@H](c1cc(F)c(F)c(F)c1)c1oc(CSc2ccccc2)cc(=O)c1O. The van der Waals surface area contributed by atoms with Gasteiger partial charge in [0.1, 0.15) is 5.76 Å². The second kappa shape index (κ2) is 9.74. The van der Waals surface area contributed by atoms with Gasteiger partial charge in [-0.1, -0.05) is 18.2 Å². The lowest BCUT2D eigenvalue weighted by atomic mass is 9.92. The molecule has 9 heteroatoms. The number of rotatable bonds is 7. The lowest BCUT2D eigenvalue weighted by Crippen LogP contribution is -2.14. The Kier molecular flexibility index (Phi) is 7.06. The van der Waals surface area contributed by atoms with Crippen molar-refractivity contribution < 1.29 is 32.2 Å². The minimum absolute atomic E-state index is 0.171. The third-order valence-electron chi connectivity index (χ3n) is 4.45. The number of benzene rings is 2. The molecule has 0 aliphatic carbocycles. The van der Waals surface area contributed by atoms with Crippen molar-refractivity contribution in [1.82, 2.24) is 0 Å². The first-order valence-electron chi connectivity index (χ1n) is 9.05. The van der Waals surface area contributed by atoms with Gasteiger partial charge in [-0.25, -0.2) is 13.2 Å². The highest BCUT2D eigenvalue weighted by Gasteiger charge is 2.28. The molecule has 0 saturated heterocycles. The minimum Gasteiger partial charge on any atom is -0.502 e. The molecule has 0 spiro atoms. The fourth-order valence-corrected chi connectivity index (χ4v) is 3.72. The van der Waals surface area contributed by atoms with E-state index in [0.717, 1.165) is 18.1 Å². The molecule has 162 valence electrons. The summed E-state index contributed by atoms with van der Waals surface area (Å²) < 4.78 is 51.3. The van der Waals surface area contributed by atoms with E-state index in [1.807, 2.05) is 30.3 Å². The van der Waals surface area contributed by atoms with E-state index >= 15 is 0 Å². The Morgan fingerprint density at radius 3 is 2.39 bits per heavy atom. The molecule has 1 atom stereocenters. The van der Waals surface area contributed by atoms with E-state index < -0.39 is 46.9 Å². The molecule has 3 aromatic rings. The number of hydrogen-bond donors (Lipinski definition) is 1. The van der Waals surface area contributed by atoms with Crippen molar-refractivity contribution in [3.63, 3.8) is 0 Å². The van der Waals surface area contributed by atoms with Crippen molar-refractivity contribution in [2.45, 2.75) is 23.0 Å². The van der Waals surface area contributed by atoms with Crippen LogP contribution in [0.15, 0.2) is 62.6 Å². The van der Waals surface area contributed by atoms with Gasteiger partial charge in [-0.15, -0.1) is 11.8 Å². The molecule has 0 unspecified atom stereocenters. The van der Waals surface area contributed by atoms with Crippen LogP contribution in [0.4, 0.5) is 13.2 Å². The average molecular weight is 450 g/mol. The smallest absolute Gasteiger partial charge is 0.306 e. The van der Waals surface area contributed by atoms with E-state index in [0.29, 0.717) is 12.1 Å². The van der Waals surface area contributed by atoms with E-state index in [1.165, 1.54) is 11.8 Å². The molecule has 2 aromatic carbocycles. The van der Waals surface area contributed by atoms with Crippen LogP contribution in [-0.4, -0.2) is 18.2 Å². The van der Waals surface area contributed by atoms with E-state index in [1.54, 1.807) is 0 Å². The summed E-state index contributed by atoms with van der Waals surface area (Å²) in [5, 5.41) is 10.3. The number of methoxy groups -OCH3 is 1. The summed E-state index contributed by atoms with van der Waals surface area (Å²) in [5.74, 6) is -7.52. The molecule has 0 fully saturated rings. The van der Waals surface area contributed by atoms with Gasteiger partial charge in [-0.2, -0.15) is 0 Å². The first kappa shape index (κ1) is 22.5. The normalized spacial score (nSPS) is 11.9. The molecule has 1 N–H and O–H groups in total. The Bertz CT molecular complexity index is 1120. The predicted molar refractivity (Wildman–Crippen MR) is 107 cm³/mol. The minimum atomic E-state index is -1.68.